The van der Waals surface area contributed by atoms with E-state index in [1.807, 2.05) is 39.1 Å². The van der Waals surface area contributed by atoms with Crippen LogP contribution in [0.1, 0.15) is 16.0 Å². The Morgan fingerprint density at radius 2 is 1.81 bits per heavy atom. The summed E-state index contributed by atoms with van der Waals surface area (Å²) in [4.78, 5) is 0.987. The molecule has 0 aliphatic rings. The number of rotatable bonds is 5. The van der Waals surface area contributed by atoms with E-state index >= 15 is 0 Å². The molecule has 2 N–H and O–H groups in total. The molecule has 0 unspecified atom stereocenters. The fourth-order valence-corrected chi connectivity index (χ4v) is 4.62. The van der Waals surface area contributed by atoms with Crippen molar-refractivity contribution in [3.05, 3.63) is 44.7 Å². The molecule has 1 heterocycles. The summed E-state index contributed by atoms with van der Waals surface area (Å²) >= 11 is 4.75. The predicted octanol–water partition coefficient (Wildman–Crippen LogP) is 3.65. The lowest BCUT2D eigenvalue weighted by Gasteiger charge is -2.10. The van der Waals surface area contributed by atoms with E-state index in [0.29, 0.717) is 16.4 Å². The third kappa shape index (κ3) is 3.85. The van der Waals surface area contributed by atoms with Crippen molar-refractivity contribution < 1.29 is 8.42 Å². The number of benzene rings is 1. The summed E-state index contributed by atoms with van der Waals surface area (Å²) in [7, 11) is -1.70. The van der Waals surface area contributed by atoms with Crippen LogP contribution in [-0.4, -0.2) is 15.5 Å². The summed E-state index contributed by atoms with van der Waals surface area (Å²) in [5, 5.41) is 3.01. The summed E-state index contributed by atoms with van der Waals surface area (Å²) in [6.45, 7) is 4.53. The SMILES string of the molecule is CNCc1ccc(S(=O)(=O)Nc2cc(C)c(Br)c(C)c2)s1. The lowest BCUT2D eigenvalue weighted by atomic mass is 10.1. The highest BCUT2D eigenvalue weighted by molar-refractivity contribution is 9.10. The Bertz CT molecular complexity index is 731. The maximum absolute atomic E-state index is 12.4. The van der Waals surface area contributed by atoms with Crippen LogP contribution in [0, 0.1) is 13.8 Å². The molecule has 1 aromatic carbocycles. The summed E-state index contributed by atoms with van der Waals surface area (Å²) in [5.74, 6) is 0. The van der Waals surface area contributed by atoms with Gasteiger partial charge in [-0.15, -0.1) is 11.3 Å². The number of hydrogen-bond donors (Lipinski definition) is 2. The molecule has 2 rings (SSSR count). The zero-order valence-electron chi connectivity index (χ0n) is 12.0. The summed E-state index contributed by atoms with van der Waals surface area (Å²) in [6.07, 6.45) is 0. The van der Waals surface area contributed by atoms with Gasteiger partial charge in [-0.3, -0.25) is 4.72 Å². The maximum Gasteiger partial charge on any atom is 0.271 e. The number of halogens is 1. The average molecular weight is 389 g/mol. The van der Waals surface area contributed by atoms with Crippen LogP contribution < -0.4 is 10.0 Å². The highest BCUT2D eigenvalue weighted by atomic mass is 79.9. The second kappa shape index (κ2) is 6.48. The highest BCUT2D eigenvalue weighted by Crippen LogP contribution is 2.28. The van der Waals surface area contributed by atoms with E-state index in [9.17, 15) is 8.42 Å². The third-order valence-corrected chi connectivity index (χ3v) is 7.15. The van der Waals surface area contributed by atoms with Gasteiger partial charge in [0.25, 0.3) is 10.0 Å². The minimum atomic E-state index is -3.53. The first kappa shape index (κ1) is 16.5. The van der Waals surface area contributed by atoms with Crippen molar-refractivity contribution in [2.75, 3.05) is 11.8 Å². The van der Waals surface area contributed by atoms with Gasteiger partial charge in [-0.1, -0.05) is 15.9 Å². The Kier molecular flexibility index (Phi) is 5.08. The zero-order valence-corrected chi connectivity index (χ0v) is 15.2. The molecule has 21 heavy (non-hydrogen) atoms. The van der Waals surface area contributed by atoms with Gasteiger partial charge in [-0.2, -0.15) is 0 Å². The third-order valence-electron chi connectivity index (χ3n) is 2.94. The number of anilines is 1. The van der Waals surface area contributed by atoms with E-state index in [1.165, 1.54) is 11.3 Å². The van der Waals surface area contributed by atoms with Crippen molar-refractivity contribution in [3.63, 3.8) is 0 Å². The van der Waals surface area contributed by atoms with E-state index < -0.39 is 10.0 Å². The Hall–Kier alpha value is -0.890. The molecule has 0 aliphatic heterocycles. The molecule has 4 nitrogen and oxygen atoms in total. The molecule has 0 bridgehead atoms. The Balaban J connectivity index is 2.28. The number of hydrogen-bond acceptors (Lipinski definition) is 4. The number of aryl methyl sites for hydroxylation is 2. The molecule has 0 atom stereocenters. The smallest absolute Gasteiger partial charge is 0.271 e. The molecule has 0 radical (unpaired) electrons. The molecule has 114 valence electrons. The molecular weight excluding hydrogens is 372 g/mol. The molecular formula is C14H17BrN2O2S2. The van der Waals surface area contributed by atoms with Gasteiger partial charge in [-0.05, 0) is 56.3 Å². The van der Waals surface area contributed by atoms with Crippen LogP contribution in [0.3, 0.4) is 0 Å². The van der Waals surface area contributed by atoms with Gasteiger partial charge in [0.05, 0.1) is 0 Å². The first-order valence-corrected chi connectivity index (χ1v) is 9.45. The predicted molar refractivity (Wildman–Crippen MR) is 91.5 cm³/mol. The lowest BCUT2D eigenvalue weighted by Crippen LogP contribution is -2.11. The Morgan fingerprint density at radius 1 is 1.19 bits per heavy atom. The topological polar surface area (TPSA) is 58.2 Å². The zero-order chi connectivity index (χ0) is 15.6. The standard InChI is InChI=1S/C14H17BrN2O2S2/c1-9-6-11(7-10(2)14(9)15)17-21(18,19)13-5-4-12(20-13)8-16-3/h4-7,16-17H,8H2,1-3H3. The van der Waals surface area contributed by atoms with E-state index in [-0.39, 0.29) is 0 Å². The minimum absolute atomic E-state index is 0.325. The molecule has 0 saturated carbocycles. The number of nitrogens with one attached hydrogen (secondary N) is 2. The molecule has 7 heteroatoms. The first-order chi connectivity index (χ1) is 9.83. The second-order valence-corrected chi connectivity index (χ2v) is 8.65. The normalized spacial score (nSPS) is 11.6. The van der Waals surface area contributed by atoms with Gasteiger partial charge >= 0.3 is 0 Å². The van der Waals surface area contributed by atoms with Crippen molar-refractivity contribution in [1.82, 2.24) is 5.32 Å². The molecule has 0 amide bonds. The van der Waals surface area contributed by atoms with Gasteiger partial charge in [-0.25, -0.2) is 8.42 Å². The van der Waals surface area contributed by atoms with E-state index in [1.54, 1.807) is 6.07 Å². The second-order valence-electron chi connectivity index (χ2n) is 4.78. The van der Waals surface area contributed by atoms with Crippen molar-refractivity contribution in [1.29, 1.82) is 0 Å². The summed E-state index contributed by atoms with van der Waals surface area (Å²) < 4.78 is 28.8. The average Bonchev–Trinajstić information content (AvgIpc) is 2.85. The van der Waals surface area contributed by atoms with Gasteiger partial charge in [0.2, 0.25) is 0 Å². The van der Waals surface area contributed by atoms with Crippen LogP contribution in [0.4, 0.5) is 5.69 Å². The molecule has 0 aliphatic carbocycles. The first-order valence-electron chi connectivity index (χ1n) is 6.36. The number of thiophene rings is 1. The van der Waals surface area contributed by atoms with E-state index in [4.69, 9.17) is 0 Å². The van der Waals surface area contributed by atoms with Crippen molar-refractivity contribution in [3.8, 4) is 0 Å². The van der Waals surface area contributed by atoms with Crippen LogP contribution >= 0.6 is 27.3 Å². The fraction of sp³-hybridized carbons (Fsp3) is 0.286. The largest absolute Gasteiger partial charge is 0.315 e. The van der Waals surface area contributed by atoms with Gasteiger partial charge < -0.3 is 5.32 Å². The monoisotopic (exact) mass is 388 g/mol. The Labute approximate surface area is 137 Å². The minimum Gasteiger partial charge on any atom is -0.315 e. The van der Waals surface area contributed by atoms with Gasteiger partial charge in [0, 0.05) is 21.6 Å². The Morgan fingerprint density at radius 3 is 2.38 bits per heavy atom. The highest BCUT2D eigenvalue weighted by Gasteiger charge is 2.17. The van der Waals surface area contributed by atoms with Crippen LogP contribution in [0.15, 0.2) is 32.9 Å². The number of sulfonamides is 1. The van der Waals surface area contributed by atoms with Crippen molar-refractivity contribution in [2.24, 2.45) is 0 Å². The summed E-state index contributed by atoms with van der Waals surface area (Å²) in [5.41, 5.74) is 2.57. The van der Waals surface area contributed by atoms with Crippen LogP contribution in [0.25, 0.3) is 0 Å². The quantitative estimate of drug-likeness (QED) is 0.821. The molecule has 0 fully saturated rings. The van der Waals surface area contributed by atoms with E-state index in [2.05, 4.69) is 26.0 Å². The molecule has 1 aromatic heterocycles. The maximum atomic E-state index is 12.4. The van der Waals surface area contributed by atoms with Crippen LogP contribution in [0.5, 0.6) is 0 Å². The van der Waals surface area contributed by atoms with Gasteiger partial charge in [0.15, 0.2) is 0 Å². The summed E-state index contributed by atoms with van der Waals surface area (Å²) in [6, 6.07) is 7.10. The van der Waals surface area contributed by atoms with Crippen molar-refractivity contribution >= 4 is 43.0 Å². The molecule has 0 spiro atoms. The van der Waals surface area contributed by atoms with Crippen LogP contribution in [0.2, 0.25) is 0 Å². The lowest BCUT2D eigenvalue weighted by molar-refractivity contribution is 0.603. The fourth-order valence-electron chi connectivity index (χ4n) is 1.98. The van der Waals surface area contributed by atoms with Gasteiger partial charge in [0.1, 0.15) is 4.21 Å². The molecule has 2 aromatic rings. The van der Waals surface area contributed by atoms with E-state index in [0.717, 1.165) is 20.5 Å². The van der Waals surface area contributed by atoms with Crippen LogP contribution in [-0.2, 0) is 16.6 Å². The molecule has 0 saturated heterocycles. The van der Waals surface area contributed by atoms with Crippen molar-refractivity contribution in [2.45, 2.75) is 24.6 Å².